The Morgan fingerprint density at radius 2 is 2.25 bits per heavy atom. The predicted molar refractivity (Wildman–Crippen MR) is 77.1 cm³/mol. The van der Waals surface area contributed by atoms with Gasteiger partial charge in [-0.2, -0.15) is 4.68 Å². The van der Waals surface area contributed by atoms with Gasteiger partial charge in [0.25, 0.3) is 5.56 Å². The molecule has 2 heterocycles. The molecule has 20 heavy (non-hydrogen) atoms. The Bertz CT molecular complexity index is 666. The fourth-order valence-corrected chi connectivity index (χ4v) is 2.73. The van der Waals surface area contributed by atoms with Crippen molar-refractivity contribution in [2.24, 2.45) is 11.7 Å². The van der Waals surface area contributed by atoms with E-state index in [1.54, 1.807) is 12.1 Å². The molecule has 2 aromatic rings. The largest absolute Gasteiger partial charge is 0.328 e. The van der Waals surface area contributed by atoms with Gasteiger partial charge in [-0.05, 0) is 31.4 Å². The van der Waals surface area contributed by atoms with E-state index in [9.17, 15) is 4.79 Å². The minimum absolute atomic E-state index is 0.0835. The molecule has 1 aliphatic rings. The van der Waals surface area contributed by atoms with E-state index in [0.29, 0.717) is 23.5 Å². The van der Waals surface area contributed by atoms with E-state index in [1.165, 1.54) is 4.68 Å². The smallest absolute Gasteiger partial charge is 0.278 e. The molecular formula is C14H19N5O. The zero-order chi connectivity index (χ0) is 14.1. The first-order valence-electron chi connectivity index (χ1n) is 6.95. The molecule has 0 bridgehead atoms. The maximum absolute atomic E-state index is 12.3. The fourth-order valence-electron chi connectivity index (χ4n) is 2.73. The van der Waals surface area contributed by atoms with E-state index in [0.717, 1.165) is 19.5 Å². The number of rotatable bonds is 3. The predicted octanol–water partition coefficient (Wildman–Crippen LogP) is 0.418. The molecule has 0 spiro atoms. The molecule has 0 radical (unpaired) electrons. The first-order chi connectivity index (χ1) is 9.65. The van der Waals surface area contributed by atoms with Gasteiger partial charge >= 0.3 is 0 Å². The van der Waals surface area contributed by atoms with Crippen LogP contribution >= 0.6 is 0 Å². The highest BCUT2D eigenvalue weighted by molar-refractivity contribution is 5.76. The summed E-state index contributed by atoms with van der Waals surface area (Å²) in [5.74, 6) is 0.499. The second-order valence-electron chi connectivity index (χ2n) is 5.54. The lowest BCUT2D eigenvalue weighted by Crippen LogP contribution is -2.35. The Hall–Kier alpha value is -1.79. The maximum Gasteiger partial charge on any atom is 0.278 e. The summed E-state index contributed by atoms with van der Waals surface area (Å²) in [5, 5.41) is 8.74. The van der Waals surface area contributed by atoms with Crippen LogP contribution in [0.25, 0.3) is 10.9 Å². The molecule has 2 unspecified atom stereocenters. The van der Waals surface area contributed by atoms with Gasteiger partial charge in [-0.25, -0.2) is 0 Å². The molecule has 3 rings (SSSR count). The zero-order valence-electron chi connectivity index (χ0n) is 11.6. The SMILES string of the molecule is CC(N)C1CCN(Cn2nnc3ccccc3c2=O)C1. The third kappa shape index (κ3) is 2.44. The lowest BCUT2D eigenvalue weighted by Gasteiger charge is -2.17. The van der Waals surface area contributed by atoms with Gasteiger partial charge in [-0.3, -0.25) is 9.69 Å². The number of nitrogens with zero attached hydrogens (tertiary/aromatic N) is 4. The monoisotopic (exact) mass is 273 g/mol. The Morgan fingerprint density at radius 3 is 3.00 bits per heavy atom. The van der Waals surface area contributed by atoms with Gasteiger partial charge in [0, 0.05) is 19.1 Å². The summed E-state index contributed by atoms with van der Waals surface area (Å²) in [5.41, 5.74) is 6.49. The van der Waals surface area contributed by atoms with E-state index in [2.05, 4.69) is 15.2 Å². The van der Waals surface area contributed by atoms with Crippen LogP contribution in [0.15, 0.2) is 29.1 Å². The van der Waals surface area contributed by atoms with Crippen LogP contribution in [-0.4, -0.2) is 39.0 Å². The van der Waals surface area contributed by atoms with Crippen LogP contribution in [0.4, 0.5) is 0 Å². The molecule has 6 nitrogen and oxygen atoms in total. The molecule has 0 amide bonds. The minimum Gasteiger partial charge on any atom is -0.328 e. The van der Waals surface area contributed by atoms with Crippen LogP contribution in [0.2, 0.25) is 0 Å². The highest BCUT2D eigenvalue weighted by Crippen LogP contribution is 2.18. The maximum atomic E-state index is 12.3. The number of hydrogen-bond donors (Lipinski definition) is 1. The summed E-state index contributed by atoms with van der Waals surface area (Å²) < 4.78 is 1.44. The number of nitrogens with two attached hydrogens (primary N) is 1. The Balaban J connectivity index is 1.82. The van der Waals surface area contributed by atoms with Crippen molar-refractivity contribution in [3.05, 3.63) is 34.6 Å². The molecule has 6 heteroatoms. The molecule has 1 aromatic carbocycles. The first kappa shape index (κ1) is 13.2. The van der Waals surface area contributed by atoms with Crippen molar-refractivity contribution in [3.8, 4) is 0 Å². The van der Waals surface area contributed by atoms with Crippen molar-refractivity contribution in [1.29, 1.82) is 0 Å². The summed E-state index contributed by atoms with van der Waals surface area (Å²) in [7, 11) is 0. The van der Waals surface area contributed by atoms with Crippen molar-refractivity contribution in [3.63, 3.8) is 0 Å². The molecule has 0 saturated carbocycles. The third-order valence-electron chi connectivity index (χ3n) is 4.02. The highest BCUT2D eigenvalue weighted by Gasteiger charge is 2.25. The molecule has 1 fully saturated rings. The second kappa shape index (κ2) is 5.30. The van der Waals surface area contributed by atoms with Gasteiger partial charge < -0.3 is 5.73 Å². The third-order valence-corrected chi connectivity index (χ3v) is 4.02. The molecule has 106 valence electrons. The first-order valence-corrected chi connectivity index (χ1v) is 6.95. The van der Waals surface area contributed by atoms with Gasteiger partial charge in [0.05, 0.1) is 12.1 Å². The Kier molecular flexibility index (Phi) is 3.50. The lowest BCUT2D eigenvalue weighted by atomic mass is 10.0. The summed E-state index contributed by atoms with van der Waals surface area (Å²) in [4.78, 5) is 14.5. The number of benzene rings is 1. The van der Waals surface area contributed by atoms with Crippen molar-refractivity contribution in [2.75, 3.05) is 13.1 Å². The van der Waals surface area contributed by atoms with E-state index >= 15 is 0 Å². The minimum atomic E-state index is -0.0835. The second-order valence-corrected chi connectivity index (χ2v) is 5.54. The van der Waals surface area contributed by atoms with Crippen molar-refractivity contribution in [1.82, 2.24) is 19.9 Å². The van der Waals surface area contributed by atoms with Gasteiger partial charge in [0.2, 0.25) is 0 Å². The zero-order valence-corrected chi connectivity index (χ0v) is 11.6. The van der Waals surface area contributed by atoms with Crippen LogP contribution in [0.3, 0.4) is 0 Å². The summed E-state index contributed by atoms with van der Waals surface area (Å²) in [6, 6.07) is 7.49. The van der Waals surface area contributed by atoms with E-state index < -0.39 is 0 Å². The Morgan fingerprint density at radius 1 is 1.45 bits per heavy atom. The number of hydrogen-bond acceptors (Lipinski definition) is 5. The molecular weight excluding hydrogens is 254 g/mol. The molecule has 1 aromatic heterocycles. The van der Waals surface area contributed by atoms with Crippen LogP contribution in [0.5, 0.6) is 0 Å². The highest BCUT2D eigenvalue weighted by atomic mass is 16.1. The van der Waals surface area contributed by atoms with Crippen LogP contribution in [0, 0.1) is 5.92 Å². The molecule has 2 N–H and O–H groups in total. The van der Waals surface area contributed by atoms with Crippen LogP contribution < -0.4 is 11.3 Å². The standard InChI is InChI=1S/C14H19N5O/c1-10(15)11-6-7-18(8-11)9-19-14(20)12-4-2-3-5-13(12)16-17-19/h2-5,10-11H,6-9,15H2,1H3. The summed E-state index contributed by atoms with van der Waals surface area (Å²) >= 11 is 0. The normalized spacial score (nSPS) is 21.4. The molecule has 2 atom stereocenters. The molecule has 1 saturated heterocycles. The fraction of sp³-hybridized carbons (Fsp3) is 0.500. The average molecular weight is 273 g/mol. The van der Waals surface area contributed by atoms with Crippen LogP contribution in [-0.2, 0) is 6.67 Å². The van der Waals surface area contributed by atoms with Crippen molar-refractivity contribution >= 4 is 10.9 Å². The lowest BCUT2D eigenvalue weighted by molar-refractivity contribution is 0.233. The van der Waals surface area contributed by atoms with Crippen molar-refractivity contribution in [2.45, 2.75) is 26.1 Å². The van der Waals surface area contributed by atoms with Gasteiger partial charge in [0.1, 0.15) is 5.52 Å². The number of aromatic nitrogens is 3. The number of likely N-dealkylation sites (tertiary alicyclic amines) is 1. The molecule has 0 aliphatic carbocycles. The van der Waals surface area contributed by atoms with Crippen LogP contribution in [0.1, 0.15) is 13.3 Å². The van der Waals surface area contributed by atoms with Gasteiger partial charge in [0.15, 0.2) is 0 Å². The molecule has 1 aliphatic heterocycles. The van der Waals surface area contributed by atoms with Gasteiger partial charge in [-0.15, -0.1) is 5.10 Å². The van der Waals surface area contributed by atoms with E-state index in [1.807, 2.05) is 19.1 Å². The summed E-state index contributed by atoms with van der Waals surface area (Å²) in [6.45, 7) is 4.39. The van der Waals surface area contributed by atoms with E-state index in [4.69, 9.17) is 5.73 Å². The van der Waals surface area contributed by atoms with Crippen molar-refractivity contribution < 1.29 is 0 Å². The average Bonchev–Trinajstić information content (AvgIpc) is 2.91. The van der Waals surface area contributed by atoms with Gasteiger partial charge in [-0.1, -0.05) is 17.3 Å². The Labute approximate surface area is 117 Å². The number of fused-ring (bicyclic) bond motifs is 1. The quantitative estimate of drug-likeness (QED) is 0.877. The topological polar surface area (TPSA) is 77.0 Å². The summed E-state index contributed by atoms with van der Waals surface area (Å²) in [6.07, 6.45) is 1.08. The van der Waals surface area contributed by atoms with E-state index in [-0.39, 0.29) is 11.6 Å².